The summed E-state index contributed by atoms with van der Waals surface area (Å²) < 4.78 is 5.35. The van der Waals surface area contributed by atoms with Crippen molar-refractivity contribution in [2.75, 3.05) is 40.4 Å². The maximum absolute atomic E-state index is 5.35. The van der Waals surface area contributed by atoms with Gasteiger partial charge in [0.05, 0.1) is 0 Å². The van der Waals surface area contributed by atoms with E-state index in [-0.39, 0.29) is 0 Å². The SMILES string of the molecule is CNCC(CC1CCCCC1)N1CCCC(C(CCCCOC)C2CCCCC2)C1. The minimum Gasteiger partial charge on any atom is -0.385 e. The molecule has 1 heterocycles. The van der Waals surface area contributed by atoms with Gasteiger partial charge in [0.15, 0.2) is 0 Å². The summed E-state index contributed by atoms with van der Waals surface area (Å²) in [7, 11) is 4.02. The van der Waals surface area contributed by atoms with Crippen LogP contribution in [0, 0.1) is 23.7 Å². The minimum atomic E-state index is 0.765. The van der Waals surface area contributed by atoms with Crippen LogP contribution in [0.15, 0.2) is 0 Å². The van der Waals surface area contributed by atoms with Gasteiger partial charge in [-0.25, -0.2) is 0 Å². The number of piperidine rings is 1. The fourth-order valence-electron chi connectivity index (χ4n) is 7.17. The number of unbranched alkanes of at least 4 members (excludes halogenated alkanes) is 1. The standard InChI is InChI=1S/C27H52N2O/c1-28-21-26(20-23-12-5-3-6-13-23)29-18-11-16-25(22-29)27(17-9-10-19-30-2)24-14-7-4-8-15-24/h23-28H,3-22H2,1-2H3. The first kappa shape index (κ1) is 24.5. The number of likely N-dealkylation sites (tertiary alicyclic amines) is 1. The molecule has 0 aromatic rings. The third-order valence-corrected chi connectivity index (χ3v) is 8.77. The highest BCUT2D eigenvalue weighted by molar-refractivity contribution is 4.88. The van der Waals surface area contributed by atoms with Crippen molar-refractivity contribution in [1.29, 1.82) is 0 Å². The summed E-state index contributed by atoms with van der Waals surface area (Å²) in [5, 5.41) is 3.55. The zero-order valence-electron chi connectivity index (χ0n) is 20.4. The second-order valence-corrected chi connectivity index (χ2v) is 10.9. The Kier molecular flexibility index (Phi) is 11.5. The molecule has 3 heteroatoms. The molecule has 3 nitrogen and oxygen atoms in total. The van der Waals surface area contributed by atoms with Gasteiger partial charge in [-0.1, -0.05) is 70.6 Å². The van der Waals surface area contributed by atoms with E-state index >= 15 is 0 Å². The van der Waals surface area contributed by atoms with Crippen LogP contribution in [0.3, 0.4) is 0 Å². The Morgan fingerprint density at radius 3 is 2.27 bits per heavy atom. The van der Waals surface area contributed by atoms with Gasteiger partial charge in [-0.3, -0.25) is 4.90 Å². The van der Waals surface area contributed by atoms with Gasteiger partial charge in [-0.15, -0.1) is 0 Å². The van der Waals surface area contributed by atoms with E-state index in [1.54, 1.807) is 0 Å². The van der Waals surface area contributed by atoms with Gasteiger partial charge in [0, 0.05) is 32.8 Å². The fraction of sp³-hybridized carbons (Fsp3) is 1.00. The molecule has 176 valence electrons. The molecule has 30 heavy (non-hydrogen) atoms. The molecular weight excluding hydrogens is 368 g/mol. The Morgan fingerprint density at radius 2 is 1.57 bits per heavy atom. The normalized spacial score (nSPS) is 27.2. The minimum absolute atomic E-state index is 0.765. The van der Waals surface area contributed by atoms with Crippen molar-refractivity contribution in [3.05, 3.63) is 0 Å². The predicted molar refractivity (Wildman–Crippen MR) is 129 cm³/mol. The Labute approximate surface area is 188 Å². The lowest BCUT2D eigenvalue weighted by Gasteiger charge is -2.45. The molecule has 3 rings (SSSR count). The highest BCUT2D eigenvalue weighted by Crippen LogP contribution is 2.41. The van der Waals surface area contributed by atoms with Crippen LogP contribution in [0.2, 0.25) is 0 Å². The molecule has 2 saturated carbocycles. The second-order valence-electron chi connectivity index (χ2n) is 10.9. The third kappa shape index (κ3) is 7.78. The number of ether oxygens (including phenoxy) is 1. The largest absolute Gasteiger partial charge is 0.385 e. The molecule has 0 bridgehead atoms. The maximum atomic E-state index is 5.35. The molecule has 1 saturated heterocycles. The highest BCUT2D eigenvalue weighted by Gasteiger charge is 2.35. The third-order valence-electron chi connectivity index (χ3n) is 8.77. The molecule has 0 aromatic carbocycles. The average Bonchev–Trinajstić information content (AvgIpc) is 2.80. The van der Waals surface area contributed by atoms with E-state index in [1.807, 2.05) is 7.11 Å². The lowest BCUT2D eigenvalue weighted by Crippen LogP contribution is -2.49. The van der Waals surface area contributed by atoms with Crippen molar-refractivity contribution >= 4 is 0 Å². The van der Waals surface area contributed by atoms with Crippen LogP contribution in [0.25, 0.3) is 0 Å². The summed E-state index contributed by atoms with van der Waals surface area (Å²) in [6, 6.07) is 0.765. The number of nitrogens with one attached hydrogen (secondary N) is 1. The quantitative estimate of drug-likeness (QED) is 0.377. The highest BCUT2D eigenvalue weighted by atomic mass is 16.5. The number of hydrogen-bond donors (Lipinski definition) is 1. The lowest BCUT2D eigenvalue weighted by atomic mass is 9.69. The number of methoxy groups -OCH3 is 1. The molecule has 0 amide bonds. The van der Waals surface area contributed by atoms with Crippen LogP contribution in [-0.2, 0) is 4.74 Å². The van der Waals surface area contributed by atoms with Gasteiger partial charge in [0.25, 0.3) is 0 Å². The van der Waals surface area contributed by atoms with Crippen molar-refractivity contribution in [2.24, 2.45) is 23.7 Å². The lowest BCUT2D eigenvalue weighted by molar-refractivity contribution is 0.0490. The van der Waals surface area contributed by atoms with Crippen LogP contribution in [0.4, 0.5) is 0 Å². The first-order chi connectivity index (χ1) is 14.8. The van der Waals surface area contributed by atoms with Crippen LogP contribution < -0.4 is 5.32 Å². The first-order valence-corrected chi connectivity index (χ1v) is 13.7. The second kappa shape index (κ2) is 14.1. The molecule has 3 fully saturated rings. The van der Waals surface area contributed by atoms with E-state index in [0.717, 1.165) is 36.3 Å². The molecule has 0 aromatic heterocycles. The van der Waals surface area contributed by atoms with Crippen molar-refractivity contribution < 1.29 is 4.74 Å². The number of hydrogen-bond acceptors (Lipinski definition) is 3. The zero-order chi connectivity index (χ0) is 21.0. The average molecular weight is 421 g/mol. The van der Waals surface area contributed by atoms with E-state index in [2.05, 4.69) is 17.3 Å². The molecule has 3 aliphatic rings. The predicted octanol–water partition coefficient (Wildman–Crippen LogP) is 6.27. The van der Waals surface area contributed by atoms with E-state index in [9.17, 15) is 0 Å². The van der Waals surface area contributed by atoms with Crippen LogP contribution in [0.5, 0.6) is 0 Å². The Bertz CT molecular complexity index is 431. The molecule has 1 aliphatic heterocycles. The van der Waals surface area contributed by atoms with Crippen LogP contribution >= 0.6 is 0 Å². The number of nitrogens with zero attached hydrogens (tertiary/aromatic N) is 1. The van der Waals surface area contributed by atoms with Gasteiger partial charge in [-0.05, 0) is 69.4 Å². The first-order valence-electron chi connectivity index (χ1n) is 13.7. The van der Waals surface area contributed by atoms with E-state index < -0.39 is 0 Å². The number of likely N-dealkylation sites (N-methyl/N-ethyl adjacent to an activating group) is 1. The van der Waals surface area contributed by atoms with Gasteiger partial charge < -0.3 is 10.1 Å². The molecule has 0 radical (unpaired) electrons. The molecule has 1 N–H and O–H groups in total. The summed E-state index contributed by atoms with van der Waals surface area (Å²) in [5.41, 5.74) is 0. The van der Waals surface area contributed by atoms with E-state index in [1.165, 1.54) is 122 Å². The fourth-order valence-corrected chi connectivity index (χ4v) is 7.17. The Morgan fingerprint density at radius 1 is 0.867 bits per heavy atom. The monoisotopic (exact) mass is 420 g/mol. The topological polar surface area (TPSA) is 24.5 Å². The maximum Gasteiger partial charge on any atom is 0.0462 e. The van der Waals surface area contributed by atoms with Crippen molar-refractivity contribution in [3.8, 4) is 0 Å². The van der Waals surface area contributed by atoms with Crippen molar-refractivity contribution in [1.82, 2.24) is 10.2 Å². The van der Waals surface area contributed by atoms with Crippen molar-refractivity contribution in [2.45, 2.75) is 109 Å². The van der Waals surface area contributed by atoms with Crippen molar-refractivity contribution in [3.63, 3.8) is 0 Å². The van der Waals surface area contributed by atoms with Gasteiger partial charge in [0.1, 0.15) is 0 Å². The summed E-state index contributed by atoms with van der Waals surface area (Å²) in [4.78, 5) is 2.93. The van der Waals surface area contributed by atoms with E-state index in [0.29, 0.717) is 0 Å². The summed E-state index contributed by atoms with van der Waals surface area (Å²) >= 11 is 0. The zero-order valence-corrected chi connectivity index (χ0v) is 20.4. The van der Waals surface area contributed by atoms with Gasteiger partial charge in [0.2, 0.25) is 0 Å². The summed E-state index contributed by atoms with van der Waals surface area (Å²) in [6.07, 6.45) is 23.3. The van der Waals surface area contributed by atoms with E-state index in [4.69, 9.17) is 4.74 Å². The molecule has 2 aliphatic carbocycles. The summed E-state index contributed by atoms with van der Waals surface area (Å²) in [5.74, 6) is 3.90. The molecule has 3 atom stereocenters. The van der Waals surface area contributed by atoms with Gasteiger partial charge in [-0.2, -0.15) is 0 Å². The van der Waals surface area contributed by atoms with Crippen LogP contribution in [-0.4, -0.2) is 51.3 Å². The van der Waals surface area contributed by atoms with Gasteiger partial charge >= 0.3 is 0 Å². The number of rotatable bonds is 12. The Hall–Kier alpha value is -0.120. The Balaban J connectivity index is 1.59. The smallest absolute Gasteiger partial charge is 0.0462 e. The molecule has 0 spiro atoms. The molecular formula is C27H52N2O. The summed E-state index contributed by atoms with van der Waals surface area (Å²) in [6.45, 7) is 4.85. The molecule has 3 unspecified atom stereocenters. The van der Waals surface area contributed by atoms with Crippen LogP contribution in [0.1, 0.15) is 103 Å².